The number of hydrogen-bond acceptors (Lipinski definition) is 4. The minimum Gasteiger partial charge on any atom is -0.365 e. The molecule has 2 N–H and O–H groups in total. The standard InChI is InChI=1S/C27H27ClFN3O3S/c1-16-12-18-13-23(29)25(36(30,34)35)14-24(18)32(16)26(33)21-15-31(27(21,2)3)19-10-8-17(9-11-19)20-6-4-5-7-22(20)28/h4-11,13-14,16,21H,12,15H2,1-3H3,(H2,30,34,35)/t16-,21+/m0/s1. The molecule has 188 valence electrons. The smallest absolute Gasteiger partial charge is 0.241 e. The molecule has 0 unspecified atom stereocenters. The van der Waals surface area contributed by atoms with Crippen LogP contribution in [0.2, 0.25) is 5.02 Å². The first-order valence-corrected chi connectivity index (χ1v) is 13.6. The van der Waals surface area contributed by atoms with Crippen LogP contribution in [0.15, 0.2) is 65.6 Å². The van der Waals surface area contributed by atoms with Crippen LogP contribution in [-0.2, 0) is 21.2 Å². The molecule has 0 saturated carbocycles. The molecule has 9 heteroatoms. The molecule has 3 aromatic carbocycles. The fourth-order valence-electron chi connectivity index (χ4n) is 5.39. The van der Waals surface area contributed by atoms with Crippen molar-refractivity contribution in [3.05, 3.63) is 77.1 Å². The Morgan fingerprint density at radius 1 is 1.11 bits per heavy atom. The van der Waals surface area contributed by atoms with Gasteiger partial charge in [0.05, 0.1) is 5.92 Å². The molecule has 0 bridgehead atoms. The van der Waals surface area contributed by atoms with Crippen LogP contribution in [0.1, 0.15) is 26.3 Å². The summed E-state index contributed by atoms with van der Waals surface area (Å²) in [5, 5.41) is 5.89. The molecule has 2 atom stereocenters. The van der Waals surface area contributed by atoms with Gasteiger partial charge in [-0.2, -0.15) is 0 Å². The topological polar surface area (TPSA) is 83.7 Å². The van der Waals surface area contributed by atoms with E-state index in [1.165, 1.54) is 12.1 Å². The van der Waals surface area contributed by atoms with Gasteiger partial charge in [0.25, 0.3) is 0 Å². The van der Waals surface area contributed by atoms with E-state index in [1.54, 1.807) is 4.90 Å². The second kappa shape index (κ2) is 8.57. The highest BCUT2D eigenvalue weighted by Crippen LogP contribution is 2.44. The molecule has 0 radical (unpaired) electrons. The predicted octanol–water partition coefficient (Wildman–Crippen LogP) is 4.99. The Bertz CT molecular complexity index is 1470. The molecular formula is C27H27ClFN3O3S. The van der Waals surface area contributed by atoms with Gasteiger partial charge in [-0.05, 0) is 68.7 Å². The van der Waals surface area contributed by atoms with Crippen molar-refractivity contribution in [2.45, 2.75) is 43.7 Å². The zero-order valence-electron chi connectivity index (χ0n) is 20.2. The summed E-state index contributed by atoms with van der Waals surface area (Å²) in [7, 11) is -4.26. The van der Waals surface area contributed by atoms with Crippen molar-refractivity contribution in [1.29, 1.82) is 0 Å². The molecule has 2 aliphatic heterocycles. The SMILES string of the molecule is C[C@H]1Cc2cc(F)c(S(N)(=O)=O)cc2N1C(=O)[C@H]1CN(c2ccc(-c3ccccc3Cl)cc2)C1(C)C. The van der Waals surface area contributed by atoms with E-state index < -0.39 is 26.3 Å². The average molecular weight is 528 g/mol. The van der Waals surface area contributed by atoms with Crippen LogP contribution < -0.4 is 14.9 Å². The molecule has 2 heterocycles. The quantitative estimate of drug-likeness (QED) is 0.518. The van der Waals surface area contributed by atoms with E-state index in [9.17, 15) is 17.6 Å². The molecule has 3 aromatic rings. The summed E-state index contributed by atoms with van der Waals surface area (Å²) in [4.78, 5) is 16.9. The number of amides is 1. The molecule has 0 aromatic heterocycles. The van der Waals surface area contributed by atoms with Crippen molar-refractivity contribution in [3.63, 3.8) is 0 Å². The minimum absolute atomic E-state index is 0.109. The lowest BCUT2D eigenvalue weighted by Crippen LogP contribution is -2.69. The maximum atomic E-state index is 14.4. The number of carbonyl (C=O) groups excluding carboxylic acids is 1. The van der Waals surface area contributed by atoms with Gasteiger partial charge in [-0.25, -0.2) is 17.9 Å². The number of sulfonamides is 1. The lowest BCUT2D eigenvalue weighted by atomic mass is 9.75. The summed E-state index contributed by atoms with van der Waals surface area (Å²) < 4.78 is 38.1. The molecular weight excluding hydrogens is 501 g/mol. The Labute approximate surface area is 215 Å². The maximum absolute atomic E-state index is 14.4. The van der Waals surface area contributed by atoms with Crippen LogP contribution >= 0.6 is 11.6 Å². The van der Waals surface area contributed by atoms with Crippen molar-refractivity contribution in [3.8, 4) is 11.1 Å². The molecule has 2 aliphatic rings. The molecule has 0 spiro atoms. The second-order valence-corrected chi connectivity index (χ2v) is 12.0. The van der Waals surface area contributed by atoms with E-state index in [0.29, 0.717) is 29.2 Å². The summed E-state index contributed by atoms with van der Waals surface area (Å²) in [5.74, 6) is -1.33. The lowest BCUT2D eigenvalue weighted by molar-refractivity contribution is -0.126. The fourth-order valence-corrected chi connectivity index (χ4v) is 6.24. The van der Waals surface area contributed by atoms with E-state index in [4.69, 9.17) is 16.7 Å². The minimum atomic E-state index is -4.26. The molecule has 36 heavy (non-hydrogen) atoms. The van der Waals surface area contributed by atoms with Gasteiger partial charge in [0.15, 0.2) is 0 Å². The summed E-state index contributed by atoms with van der Waals surface area (Å²) in [6.07, 6.45) is 0.448. The highest BCUT2D eigenvalue weighted by atomic mass is 35.5. The summed E-state index contributed by atoms with van der Waals surface area (Å²) in [6.45, 7) is 6.43. The second-order valence-electron chi connectivity index (χ2n) is 10.1. The highest BCUT2D eigenvalue weighted by molar-refractivity contribution is 7.89. The molecule has 0 aliphatic carbocycles. The van der Waals surface area contributed by atoms with Crippen molar-refractivity contribution in [2.75, 3.05) is 16.3 Å². The molecule has 1 saturated heterocycles. The fraction of sp³-hybridized carbons (Fsp3) is 0.296. The number of rotatable bonds is 4. The van der Waals surface area contributed by atoms with Crippen LogP contribution in [0.3, 0.4) is 0 Å². The van der Waals surface area contributed by atoms with E-state index in [1.807, 2.05) is 69.3 Å². The van der Waals surface area contributed by atoms with E-state index in [2.05, 4.69) is 4.90 Å². The van der Waals surface area contributed by atoms with E-state index >= 15 is 0 Å². The third kappa shape index (κ3) is 3.97. The highest BCUT2D eigenvalue weighted by Gasteiger charge is 2.53. The van der Waals surface area contributed by atoms with E-state index in [0.717, 1.165) is 16.8 Å². The van der Waals surface area contributed by atoms with Gasteiger partial charge in [0, 0.05) is 40.1 Å². The molecule has 5 rings (SSSR count). The Balaban J connectivity index is 1.39. The first-order valence-electron chi connectivity index (χ1n) is 11.7. The molecule has 1 amide bonds. The van der Waals surface area contributed by atoms with Crippen molar-refractivity contribution < 1.29 is 17.6 Å². The number of nitrogens with two attached hydrogens (primary N) is 1. The monoisotopic (exact) mass is 527 g/mol. The van der Waals surface area contributed by atoms with Gasteiger partial charge >= 0.3 is 0 Å². The third-order valence-electron chi connectivity index (χ3n) is 7.47. The Morgan fingerprint density at radius 2 is 1.78 bits per heavy atom. The van der Waals surface area contributed by atoms with Gasteiger partial charge < -0.3 is 9.80 Å². The molecule has 6 nitrogen and oxygen atoms in total. The van der Waals surface area contributed by atoms with E-state index in [-0.39, 0.29) is 17.9 Å². The number of primary sulfonamides is 1. The number of hydrogen-bond donors (Lipinski definition) is 1. The maximum Gasteiger partial charge on any atom is 0.241 e. The summed E-state index contributed by atoms with van der Waals surface area (Å²) >= 11 is 6.34. The zero-order chi connectivity index (χ0) is 26.0. The van der Waals surface area contributed by atoms with Crippen LogP contribution in [0.5, 0.6) is 0 Å². The average Bonchev–Trinajstić information content (AvgIpc) is 3.12. The normalized spacial score (nSPS) is 20.7. The predicted molar refractivity (Wildman–Crippen MR) is 140 cm³/mol. The van der Waals surface area contributed by atoms with Crippen LogP contribution in [0, 0.1) is 11.7 Å². The van der Waals surface area contributed by atoms with Crippen LogP contribution in [0.4, 0.5) is 15.8 Å². The summed E-state index contributed by atoms with van der Waals surface area (Å²) in [6, 6.07) is 17.9. The van der Waals surface area contributed by atoms with Gasteiger partial charge in [0.1, 0.15) is 10.7 Å². The van der Waals surface area contributed by atoms with Crippen molar-refractivity contribution in [1.82, 2.24) is 0 Å². The van der Waals surface area contributed by atoms with Gasteiger partial charge in [-0.3, -0.25) is 4.79 Å². The first-order chi connectivity index (χ1) is 16.9. The van der Waals surface area contributed by atoms with Crippen molar-refractivity contribution >= 4 is 38.9 Å². The van der Waals surface area contributed by atoms with Crippen LogP contribution in [-0.4, -0.2) is 32.5 Å². The van der Waals surface area contributed by atoms with Crippen LogP contribution in [0.25, 0.3) is 11.1 Å². The number of nitrogens with zero attached hydrogens (tertiary/aromatic N) is 2. The van der Waals surface area contributed by atoms with Gasteiger partial charge in [-0.15, -0.1) is 0 Å². The summed E-state index contributed by atoms with van der Waals surface area (Å²) in [5.41, 5.74) is 3.50. The molecule has 1 fully saturated rings. The lowest BCUT2D eigenvalue weighted by Gasteiger charge is -2.56. The Hall–Kier alpha value is -2.94. The number of fused-ring (bicyclic) bond motifs is 1. The first kappa shape index (κ1) is 24.7. The number of halogens is 2. The zero-order valence-corrected chi connectivity index (χ0v) is 21.8. The Kier molecular flexibility index (Phi) is 5.89. The van der Waals surface area contributed by atoms with Crippen molar-refractivity contribution in [2.24, 2.45) is 11.1 Å². The number of anilines is 2. The number of benzene rings is 3. The Morgan fingerprint density at radius 3 is 2.39 bits per heavy atom. The number of carbonyl (C=O) groups is 1. The van der Waals surface area contributed by atoms with Gasteiger partial charge in [0.2, 0.25) is 15.9 Å². The van der Waals surface area contributed by atoms with Gasteiger partial charge in [-0.1, -0.05) is 41.9 Å². The third-order valence-corrected chi connectivity index (χ3v) is 8.72. The largest absolute Gasteiger partial charge is 0.365 e.